The third-order valence-electron chi connectivity index (χ3n) is 3.21. The van der Waals surface area contributed by atoms with Crippen LogP contribution < -0.4 is 11.1 Å². The molecule has 0 spiro atoms. The zero-order chi connectivity index (χ0) is 15.4. The highest BCUT2D eigenvalue weighted by Crippen LogP contribution is 2.16. The van der Waals surface area contributed by atoms with Crippen LogP contribution >= 0.6 is 12.2 Å². The molecular weight excluding hydrogens is 298 g/mol. The van der Waals surface area contributed by atoms with Crippen molar-refractivity contribution in [2.24, 2.45) is 5.73 Å². The van der Waals surface area contributed by atoms with Gasteiger partial charge in [-0.1, -0.05) is 12.2 Å². The predicted octanol–water partition coefficient (Wildman–Crippen LogP) is 1.40. The Bertz CT molecular complexity index is 547. The molecule has 1 aromatic rings. The SMILES string of the molecule is NC(=S)CN1CCN(C(=O)Nc2ccc(F)cc2F)CC1. The Labute approximate surface area is 126 Å². The molecule has 1 fully saturated rings. The van der Waals surface area contributed by atoms with E-state index in [2.05, 4.69) is 5.32 Å². The van der Waals surface area contributed by atoms with Gasteiger partial charge in [-0.3, -0.25) is 4.90 Å². The van der Waals surface area contributed by atoms with Crippen molar-refractivity contribution in [1.29, 1.82) is 0 Å². The third-order valence-corrected chi connectivity index (χ3v) is 3.34. The summed E-state index contributed by atoms with van der Waals surface area (Å²) in [6, 6.07) is 2.62. The van der Waals surface area contributed by atoms with Crippen LogP contribution in [0.1, 0.15) is 0 Å². The van der Waals surface area contributed by atoms with Crippen molar-refractivity contribution < 1.29 is 13.6 Å². The van der Waals surface area contributed by atoms with E-state index in [1.165, 1.54) is 6.07 Å². The minimum Gasteiger partial charge on any atom is -0.392 e. The van der Waals surface area contributed by atoms with Crippen molar-refractivity contribution in [3.8, 4) is 0 Å². The number of hydrogen-bond donors (Lipinski definition) is 2. The number of benzene rings is 1. The van der Waals surface area contributed by atoms with E-state index in [9.17, 15) is 13.6 Å². The van der Waals surface area contributed by atoms with Crippen LogP contribution in [-0.4, -0.2) is 53.5 Å². The number of carbonyl (C=O) groups excluding carboxylic acids is 1. The second kappa shape index (κ2) is 6.77. The van der Waals surface area contributed by atoms with Crippen molar-refractivity contribution in [3.63, 3.8) is 0 Å². The number of carbonyl (C=O) groups is 1. The lowest BCUT2D eigenvalue weighted by Crippen LogP contribution is -2.51. The standard InChI is InChI=1S/C13H16F2N4OS/c14-9-1-2-11(10(15)7-9)17-13(20)19-5-3-18(4-6-19)8-12(16)21/h1-2,7H,3-6,8H2,(H2,16,21)(H,17,20). The minimum atomic E-state index is -0.796. The molecule has 2 rings (SSSR count). The number of nitrogens with two attached hydrogens (primary N) is 1. The molecule has 0 aromatic heterocycles. The molecule has 0 unspecified atom stereocenters. The first-order chi connectivity index (χ1) is 9.95. The summed E-state index contributed by atoms with van der Waals surface area (Å²) >= 11 is 4.84. The van der Waals surface area contributed by atoms with Gasteiger partial charge in [0.25, 0.3) is 0 Å². The van der Waals surface area contributed by atoms with Gasteiger partial charge in [0.1, 0.15) is 11.6 Å². The summed E-state index contributed by atoms with van der Waals surface area (Å²) in [5.74, 6) is -1.48. The van der Waals surface area contributed by atoms with Gasteiger partial charge in [0.15, 0.2) is 0 Å². The van der Waals surface area contributed by atoms with Crippen molar-refractivity contribution in [2.75, 3.05) is 38.0 Å². The van der Waals surface area contributed by atoms with Crippen LogP contribution in [0.15, 0.2) is 18.2 Å². The summed E-state index contributed by atoms with van der Waals surface area (Å²) in [4.78, 5) is 16.1. The quantitative estimate of drug-likeness (QED) is 0.828. The molecule has 0 atom stereocenters. The summed E-state index contributed by atoms with van der Waals surface area (Å²) in [7, 11) is 0. The van der Waals surface area contributed by atoms with Gasteiger partial charge >= 0.3 is 6.03 Å². The number of urea groups is 1. The van der Waals surface area contributed by atoms with Crippen LogP contribution in [0.2, 0.25) is 0 Å². The molecule has 2 amide bonds. The van der Waals surface area contributed by atoms with Gasteiger partial charge in [-0.2, -0.15) is 0 Å². The predicted molar refractivity (Wildman–Crippen MR) is 80.2 cm³/mol. The zero-order valence-corrected chi connectivity index (χ0v) is 12.1. The first-order valence-corrected chi connectivity index (χ1v) is 6.88. The van der Waals surface area contributed by atoms with Gasteiger partial charge in [-0.15, -0.1) is 0 Å². The number of hydrogen-bond acceptors (Lipinski definition) is 3. The molecule has 114 valence electrons. The summed E-state index contributed by atoms with van der Waals surface area (Å²) in [6.45, 7) is 2.82. The van der Waals surface area contributed by atoms with Gasteiger partial charge < -0.3 is 16.0 Å². The van der Waals surface area contributed by atoms with Crippen molar-refractivity contribution in [3.05, 3.63) is 29.8 Å². The number of thiocarbonyl (C=S) groups is 1. The number of amides is 2. The Hall–Kier alpha value is -1.80. The van der Waals surface area contributed by atoms with E-state index < -0.39 is 17.7 Å². The van der Waals surface area contributed by atoms with Crippen LogP contribution in [0.4, 0.5) is 19.3 Å². The van der Waals surface area contributed by atoms with Crippen molar-refractivity contribution >= 4 is 28.9 Å². The summed E-state index contributed by atoms with van der Waals surface area (Å²) in [6.07, 6.45) is 0. The van der Waals surface area contributed by atoms with Gasteiger partial charge in [0.2, 0.25) is 0 Å². The van der Waals surface area contributed by atoms with Crippen LogP contribution in [0, 0.1) is 11.6 Å². The van der Waals surface area contributed by atoms with Crippen LogP contribution in [0.5, 0.6) is 0 Å². The molecule has 1 aliphatic heterocycles. The highest BCUT2D eigenvalue weighted by Gasteiger charge is 2.22. The number of nitrogens with one attached hydrogen (secondary N) is 1. The van der Waals surface area contributed by atoms with E-state index in [0.717, 1.165) is 12.1 Å². The summed E-state index contributed by atoms with van der Waals surface area (Å²) < 4.78 is 26.3. The fourth-order valence-corrected chi connectivity index (χ4v) is 2.30. The fraction of sp³-hybridized carbons (Fsp3) is 0.385. The van der Waals surface area contributed by atoms with Gasteiger partial charge in [-0.25, -0.2) is 13.6 Å². The molecule has 0 aliphatic carbocycles. The Balaban J connectivity index is 1.89. The Kier molecular flexibility index (Phi) is 5.03. The zero-order valence-electron chi connectivity index (χ0n) is 11.3. The lowest BCUT2D eigenvalue weighted by Gasteiger charge is -2.34. The fourth-order valence-electron chi connectivity index (χ4n) is 2.11. The first kappa shape index (κ1) is 15.6. The average molecular weight is 314 g/mol. The molecule has 0 bridgehead atoms. The molecule has 5 nitrogen and oxygen atoms in total. The van der Waals surface area contributed by atoms with Gasteiger partial charge in [-0.05, 0) is 12.1 Å². The van der Waals surface area contributed by atoms with Crippen molar-refractivity contribution in [2.45, 2.75) is 0 Å². The Morgan fingerprint density at radius 1 is 1.29 bits per heavy atom. The molecule has 8 heteroatoms. The molecule has 21 heavy (non-hydrogen) atoms. The Morgan fingerprint density at radius 3 is 2.52 bits per heavy atom. The topological polar surface area (TPSA) is 61.6 Å². The second-order valence-corrected chi connectivity index (χ2v) is 5.31. The second-order valence-electron chi connectivity index (χ2n) is 4.78. The van der Waals surface area contributed by atoms with E-state index in [4.69, 9.17) is 18.0 Å². The molecule has 1 heterocycles. The summed E-state index contributed by atoms with van der Waals surface area (Å²) in [5, 5.41) is 2.44. The smallest absolute Gasteiger partial charge is 0.322 e. The molecule has 1 saturated heterocycles. The molecule has 3 N–H and O–H groups in total. The first-order valence-electron chi connectivity index (χ1n) is 6.47. The maximum absolute atomic E-state index is 13.5. The summed E-state index contributed by atoms with van der Waals surface area (Å²) in [5.41, 5.74) is 5.44. The average Bonchev–Trinajstić information content (AvgIpc) is 2.42. The number of rotatable bonds is 3. The lowest BCUT2D eigenvalue weighted by molar-refractivity contribution is 0.158. The van der Waals surface area contributed by atoms with Crippen LogP contribution in [-0.2, 0) is 0 Å². The van der Waals surface area contributed by atoms with E-state index in [-0.39, 0.29) is 5.69 Å². The molecule has 0 radical (unpaired) electrons. The van der Waals surface area contributed by atoms with Gasteiger partial charge in [0.05, 0.1) is 10.7 Å². The van der Waals surface area contributed by atoms with E-state index in [1.807, 2.05) is 4.90 Å². The van der Waals surface area contributed by atoms with Gasteiger partial charge in [0, 0.05) is 38.8 Å². The normalized spacial score (nSPS) is 15.8. The molecule has 1 aromatic carbocycles. The number of anilines is 1. The highest BCUT2D eigenvalue weighted by molar-refractivity contribution is 7.80. The number of nitrogens with zero attached hydrogens (tertiary/aromatic N) is 2. The monoisotopic (exact) mass is 314 g/mol. The molecule has 1 aliphatic rings. The van der Waals surface area contributed by atoms with E-state index in [0.29, 0.717) is 37.7 Å². The van der Waals surface area contributed by atoms with E-state index in [1.54, 1.807) is 4.90 Å². The molecular formula is C13H16F2N4OS. The molecule has 0 saturated carbocycles. The lowest BCUT2D eigenvalue weighted by atomic mass is 10.3. The van der Waals surface area contributed by atoms with Crippen molar-refractivity contribution in [1.82, 2.24) is 9.80 Å². The maximum atomic E-state index is 13.5. The Morgan fingerprint density at radius 2 is 1.95 bits per heavy atom. The largest absolute Gasteiger partial charge is 0.392 e. The van der Waals surface area contributed by atoms with Crippen LogP contribution in [0.3, 0.4) is 0 Å². The maximum Gasteiger partial charge on any atom is 0.322 e. The minimum absolute atomic E-state index is 0.0352. The van der Waals surface area contributed by atoms with E-state index >= 15 is 0 Å². The highest BCUT2D eigenvalue weighted by atomic mass is 32.1. The number of piperazine rings is 1. The third kappa shape index (κ3) is 4.33. The van der Waals surface area contributed by atoms with Crippen LogP contribution in [0.25, 0.3) is 0 Å². The number of halogens is 2.